The third-order valence-corrected chi connectivity index (χ3v) is 1.30. The van der Waals surface area contributed by atoms with Gasteiger partial charge in [-0.15, -0.1) is 0 Å². The number of hydrogen-bond donors (Lipinski definition) is 1. The summed E-state index contributed by atoms with van der Waals surface area (Å²) in [5.41, 5.74) is -0.668. The molecule has 0 saturated heterocycles. The van der Waals surface area contributed by atoms with Crippen molar-refractivity contribution in [3.63, 3.8) is 0 Å². The van der Waals surface area contributed by atoms with Crippen molar-refractivity contribution in [1.82, 2.24) is 9.97 Å². The minimum absolute atomic E-state index is 0.121. The highest BCUT2D eigenvalue weighted by Gasteiger charge is 2.09. The van der Waals surface area contributed by atoms with Gasteiger partial charge in [-0.05, 0) is 0 Å². The number of carbonyl (C=O) groups is 2. The van der Waals surface area contributed by atoms with Crippen LogP contribution in [0.1, 0.15) is 10.4 Å². The average Bonchev–Trinajstić information content (AvgIpc) is 2.15. The zero-order valence-electron chi connectivity index (χ0n) is 6.52. The molecular formula is C7H6N2O4. The number of nitrogens with one attached hydrogen (secondary N) is 1. The zero-order valence-corrected chi connectivity index (χ0v) is 6.52. The number of ether oxygens (including phenoxy) is 1. The fourth-order valence-electron chi connectivity index (χ4n) is 0.730. The first-order valence-corrected chi connectivity index (χ1v) is 3.37. The van der Waals surface area contributed by atoms with E-state index in [1.165, 1.54) is 6.33 Å². The molecule has 68 valence electrons. The fourth-order valence-corrected chi connectivity index (χ4v) is 0.730. The summed E-state index contributed by atoms with van der Waals surface area (Å²) in [6.45, 7) is -0.305. The molecular weight excluding hydrogens is 176 g/mol. The van der Waals surface area contributed by atoms with Gasteiger partial charge in [-0.3, -0.25) is 14.4 Å². The van der Waals surface area contributed by atoms with Crippen molar-refractivity contribution in [3.05, 3.63) is 28.4 Å². The minimum atomic E-state index is -0.582. The lowest BCUT2D eigenvalue weighted by molar-refractivity contribution is -0.127. The Morgan fingerprint density at radius 3 is 3.08 bits per heavy atom. The van der Waals surface area contributed by atoms with E-state index in [2.05, 4.69) is 14.7 Å². The van der Waals surface area contributed by atoms with Crippen LogP contribution in [0.2, 0.25) is 0 Å². The number of Topliss-reactive ketones (excluding diaryl/α,β-unsaturated/α-hetero) is 1. The van der Waals surface area contributed by atoms with Crippen LogP contribution in [0.25, 0.3) is 0 Å². The highest BCUT2D eigenvalue weighted by molar-refractivity contribution is 5.96. The predicted octanol–water partition coefficient (Wildman–Crippen LogP) is -0.874. The Morgan fingerprint density at radius 2 is 2.46 bits per heavy atom. The van der Waals surface area contributed by atoms with Gasteiger partial charge in [-0.1, -0.05) is 0 Å². The van der Waals surface area contributed by atoms with Gasteiger partial charge in [0.15, 0.2) is 6.61 Å². The quantitative estimate of drug-likeness (QED) is 0.482. The molecule has 0 unspecified atom stereocenters. The summed E-state index contributed by atoms with van der Waals surface area (Å²) in [5, 5.41) is 0. The van der Waals surface area contributed by atoms with E-state index in [-0.39, 0.29) is 12.0 Å². The van der Waals surface area contributed by atoms with Crippen molar-refractivity contribution < 1.29 is 14.3 Å². The number of aromatic amines is 1. The van der Waals surface area contributed by atoms with Gasteiger partial charge in [0.2, 0.25) is 5.78 Å². The van der Waals surface area contributed by atoms with Crippen molar-refractivity contribution in [1.29, 1.82) is 0 Å². The molecule has 0 radical (unpaired) electrons. The van der Waals surface area contributed by atoms with Crippen LogP contribution in [0.4, 0.5) is 0 Å². The lowest BCUT2D eigenvalue weighted by atomic mass is 10.2. The molecule has 0 aliphatic rings. The van der Waals surface area contributed by atoms with Gasteiger partial charge < -0.3 is 9.72 Å². The Hall–Kier alpha value is -1.98. The van der Waals surface area contributed by atoms with E-state index in [1.54, 1.807) is 0 Å². The third kappa shape index (κ3) is 2.22. The van der Waals surface area contributed by atoms with Crippen molar-refractivity contribution in [2.45, 2.75) is 0 Å². The molecule has 6 heteroatoms. The van der Waals surface area contributed by atoms with Gasteiger partial charge in [0.25, 0.3) is 12.0 Å². The summed E-state index contributed by atoms with van der Waals surface area (Å²) in [5.74, 6) is -0.582. The number of hydrogen-bond acceptors (Lipinski definition) is 5. The second-order valence-corrected chi connectivity index (χ2v) is 2.12. The van der Waals surface area contributed by atoms with Crippen LogP contribution in [0.5, 0.6) is 0 Å². The van der Waals surface area contributed by atoms with Crippen LogP contribution in [0, 0.1) is 0 Å². The molecule has 0 amide bonds. The molecule has 0 aliphatic heterocycles. The molecule has 1 heterocycles. The largest absolute Gasteiger partial charge is 0.459 e. The topological polar surface area (TPSA) is 89.1 Å². The molecule has 1 aromatic rings. The van der Waals surface area contributed by atoms with Crippen LogP contribution in [-0.4, -0.2) is 28.8 Å². The highest BCUT2D eigenvalue weighted by Crippen LogP contribution is 1.89. The van der Waals surface area contributed by atoms with Crippen molar-refractivity contribution >= 4 is 12.3 Å². The first-order chi connectivity index (χ1) is 6.25. The third-order valence-electron chi connectivity index (χ3n) is 1.30. The Morgan fingerprint density at radius 1 is 1.69 bits per heavy atom. The molecule has 0 aromatic carbocycles. The van der Waals surface area contributed by atoms with E-state index in [4.69, 9.17) is 0 Å². The van der Waals surface area contributed by atoms with Gasteiger partial charge in [0.05, 0.1) is 6.33 Å². The van der Waals surface area contributed by atoms with E-state index < -0.39 is 17.9 Å². The molecule has 13 heavy (non-hydrogen) atoms. The molecule has 0 aliphatic carbocycles. The maximum Gasteiger partial charge on any atom is 0.293 e. The van der Waals surface area contributed by atoms with Gasteiger partial charge >= 0.3 is 0 Å². The van der Waals surface area contributed by atoms with Crippen LogP contribution >= 0.6 is 0 Å². The Kier molecular flexibility index (Phi) is 2.91. The van der Waals surface area contributed by atoms with Gasteiger partial charge in [0, 0.05) is 6.20 Å². The maximum absolute atomic E-state index is 11.1. The molecule has 6 nitrogen and oxygen atoms in total. The van der Waals surface area contributed by atoms with Gasteiger partial charge in [-0.2, -0.15) is 0 Å². The lowest BCUT2D eigenvalue weighted by Gasteiger charge is -1.96. The Labute approximate surface area is 72.6 Å². The van der Waals surface area contributed by atoms with Crippen LogP contribution in [0.15, 0.2) is 17.3 Å². The van der Waals surface area contributed by atoms with Crippen molar-refractivity contribution in [2.24, 2.45) is 0 Å². The molecule has 0 spiro atoms. The SMILES string of the molecule is O=COCC(=O)c1cnc[nH]c1=O. The van der Waals surface area contributed by atoms with Crippen molar-refractivity contribution in [2.75, 3.05) is 6.61 Å². The van der Waals surface area contributed by atoms with Crippen LogP contribution in [0.3, 0.4) is 0 Å². The molecule has 0 bridgehead atoms. The Balaban J connectivity index is 2.83. The summed E-state index contributed by atoms with van der Waals surface area (Å²) >= 11 is 0. The smallest absolute Gasteiger partial charge is 0.293 e. The summed E-state index contributed by atoms with van der Waals surface area (Å²) in [6, 6.07) is 0. The highest BCUT2D eigenvalue weighted by atomic mass is 16.5. The summed E-state index contributed by atoms with van der Waals surface area (Å²) in [6.07, 6.45) is 2.29. The van der Waals surface area contributed by atoms with E-state index >= 15 is 0 Å². The first-order valence-electron chi connectivity index (χ1n) is 3.37. The second kappa shape index (κ2) is 4.15. The summed E-state index contributed by atoms with van der Waals surface area (Å²) < 4.78 is 4.19. The standard InChI is InChI=1S/C7H6N2O4/c10-4-13-2-6(11)5-1-8-3-9-7(5)12/h1,3-4H,2H2,(H,8,9,12). The molecule has 1 N–H and O–H groups in total. The lowest BCUT2D eigenvalue weighted by Crippen LogP contribution is -2.20. The first kappa shape index (κ1) is 9.11. The van der Waals surface area contributed by atoms with E-state index in [0.29, 0.717) is 0 Å². The number of ketones is 1. The molecule has 0 atom stereocenters. The van der Waals surface area contributed by atoms with E-state index in [1.807, 2.05) is 0 Å². The molecule has 1 rings (SSSR count). The summed E-state index contributed by atoms with van der Waals surface area (Å²) in [7, 11) is 0. The molecule has 0 saturated carbocycles. The number of H-pyrrole nitrogens is 1. The second-order valence-electron chi connectivity index (χ2n) is 2.12. The number of rotatable bonds is 4. The Bertz CT molecular complexity index is 371. The van der Waals surface area contributed by atoms with Gasteiger partial charge in [0.1, 0.15) is 5.56 Å². The monoisotopic (exact) mass is 182 g/mol. The number of nitrogens with zero attached hydrogens (tertiary/aromatic N) is 1. The average molecular weight is 182 g/mol. The van der Waals surface area contributed by atoms with Crippen LogP contribution < -0.4 is 5.56 Å². The normalized spacial score (nSPS) is 9.23. The van der Waals surface area contributed by atoms with Gasteiger partial charge in [-0.25, -0.2) is 4.98 Å². The predicted molar refractivity (Wildman–Crippen MR) is 41.2 cm³/mol. The minimum Gasteiger partial charge on any atom is -0.459 e. The number of carbonyl (C=O) groups excluding carboxylic acids is 2. The molecule has 0 fully saturated rings. The molecule has 1 aromatic heterocycles. The van der Waals surface area contributed by atoms with Crippen molar-refractivity contribution in [3.8, 4) is 0 Å². The maximum atomic E-state index is 11.1. The van der Waals surface area contributed by atoms with E-state index in [9.17, 15) is 14.4 Å². The van der Waals surface area contributed by atoms with E-state index in [0.717, 1.165) is 6.20 Å². The number of aromatic nitrogens is 2. The zero-order chi connectivity index (χ0) is 9.68. The fraction of sp³-hybridized carbons (Fsp3) is 0.143. The summed E-state index contributed by atoms with van der Waals surface area (Å²) in [4.78, 5) is 37.6. The van der Waals surface area contributed by atoms with Crippen LogP contribution in [-0.2, 0) is 9.53 Å².